The van der Waals surface area contributed by atoms with E-state index in [4.69, 9.17) is 9.84 Å². The average molecular weight is 625 g/mol. The molecule has 0 bridgehead atoms. The van der Waals surface area contributed by atoms with Crippen molar-refractivity contribution in [3.8, 4) is 5.75 Å². The Labute approximate surface area is 269 Å². The maximum absolute atomic E-state index is 13.2. The molecule has 1 aliphatic carbocycles. The average Bonchev–Trinajstić information content (AvgIpc) is 3.07. The van der Waals surface area contributed by atoms with Crippen LogP contribution >= 0.6 is 0 Å². The molecule has 240 valence electrons. The molecule has 0 aliphatic heterocycles. The van der Waals surface area contributed by atoms with Crippen LogP contribution in [0.1, 0.15) is 82.1 Å². The van der Waals surface area contributed by atoms with Crippen LogP contribution in [0.4, 0.5) is 4.39 Å². The first-order valence-electron chi connectivity index (χ1n) is 16.1. The molecule has 0 radical (unpaired) electrons. The number of hydrogen-bond acceptors (Lipinski definition) is 5. The number of fused-ring (bicyclic) bond motifs is 1. The number of aryl methyl sites for hydroxylation is 3. The van der Waals surface area contributed by atoms with E-state index in [2.05, 4.69) is 40.2 Å². The summed E-state index contributed by atoms with van der Waals surface area (Å²) in [5, 5.41) is 18.6. The van der Waals surface area contributed by atoms with E-state index >= 15 is 0 Å². The molecule has 1 aliphatic rings. The number of benzene rings is 3. The van der Waals surface area contributed by atoms with Crippen LogP contribution in [0.5, 0.6) is 5.75 Å². The van der Waals surface area contributed by atoms with Gasteiger partial charge in [0.15, 0.2) is 0 Å². The van der Waals surface area contributed by atoms with Crippen molar-refractivity contribution >= 4 is 11.9 Å². The third-order valence-electron chi connectivity index (χ3n) is 8.68. The molecule has 7 nitrogen and oxygen atoms in total. The molecule has 0 saturated heterocycles. The highest BCUT2D eigenvalue weighted by Gasteiger charge is 2.27. The Kier molecular flexibility index (Phi) is 11.5. The summed E-state index contributed by atoms with van der Waals surface area (Å²) >= 11 is 0. The van der Waals surface area contributed by atoms with E-state index in [0.717, 1.165) is 91.7 Å². The van der Waals surface area contributed by atoms with E-state index in [9.17, 15) is 19.1 Å². The normalized spacial score (nSPS) is 14.2. The zero-order valence-electron chi connectivity index (χ0n) is 26.0. The van der Waals surface area contributed by atoms with Crippen molar-refractivity contribution in [3.05, 3.63) is 130 Å². The molecule has 0 spiro atoms. The highest BCUT2D eigenvalue weighted by molar-refractivity contribution is 5.85. The minimum atomic E-state index is -1.02. The van der Waals surface area contributed by atoms with Crippen LogP contribution in [0.25, 0.3) is 0 Å². The summed E-state index contributed by atoms with van der Waals surface area (Å²) < 4.78 is 19.5. The lowest BCUT2D eigenvalue weighted by Gasteiger charge is -2.36. The van der Waals surface area contributed by atoms with Crippen LogP contribution in [0.2, 0.25) is 0 Å². The first-order chi connectivity index (χ1) is 22.4. The first-order valence-corrected chi connectivity index (χ1v) is 16.1. The van der Waals surface area contributed by atoms with Gasteiger partial charge in [0.1, 0.15) is 23.9 Å². The second-order valence-electron chi connectivity index (χ2n) is 11.9. The number of aromatic nitrogens is 1. The zero-order valence-corrected chi connectivity index (χ0v) is 26.0. The van der Waals surface area contributed by atoms with Crippen LogP contribution in [0.15, 0.2) is 84.9 Å². The van der Waals surface area contributed by atoms with Gasteiger partial charge in [-0.1, -0.05) is 60.7 Å². The van der Waals surface area contributed by atoms with Gasteiger partial charge < -0.3 is 14.9 Å². The van der Waals surface area contributed by atoms with E-state index in [0.29, 0.717) is 13.0 Å². The van der Waals surface area contributed by atoms with Gasteiger partial charge in [0, 0.05) is 24.7 Å². The number of rotatable bonds is 16. The van der Waals surface area contributed by atoms with Crippen molar-refractivity contribution in [2.45, 2.75) is 70.4 Å². The molecule has 0 amide bonds. The van der Waals surface area contributed by atoms with Crippen LogP contribution in [-0.2, 0) is 37.1 Å². The summed E-state index contributed by atoms with van der Waals surface area (Å²) in [7, 11) is 0. The van der Waals surface area contributed by atoms with Crippen molar-refractivity contribution in [2.75, 3.05) is 13.1 Å². The lowest BCUT2D eigenvalue weighted by molar-refractivity contribution is -0.137. The minimum Gasteiger partial charge on any atom is -0.489 e. The lowest BCUT2D eigenvalue weighted by Crippen LogP contribution is -2.34. The monoisotopic (exact) mass is 624 g/mol. The fraction of sp³-hybridized carbons (Fsp3) is 0.342. The van der Waals surface area contributed by atoms with E-state index < -0.39 is 11.9 Å². The number of nitrogens with zero attached hydrogens (tertiary/aromatic N) is 2. The van der Waals surface area contributed by atoms with E-state index in [1.165, 1.54) is 17.7 Å². The maximum atomic E-state index is 13.2. The summed E-state index contributed by atoms with van der Waals surface area (Å²) in [6, 6.07) is 26.7. The third-order valence-corrected chi connectivity index (χ3v) is 8.68. The summed E-state index contributed by atoms with van der Waals surface area (Å²) in [4.78, 5) is 29.5. The van der Waals surface area contributed by atoms with E-state index in [-0.39, 0.29) is 24.0 Å². The second kappa shape index (κ2) is 16.1. The molecule has 2 N–H and O–H groups in total. The van der Waals surface area contributed by atoms with Gasteiger partial charge in [-0.3, -0.25) is 9.69 Å². The van der Waals surface area contributed by atoms with Crippen molar-refractivity contribution in [2.24, 2.45) is 0 Å². The molecule has 0 saturated carbocycles. The van der Waals surface area contributed by atoms with Gasteiger partial charge in [0.2, 0.25) is 0 Å². The van der Waals surface area contributed by atoms with Crippen LogP contribution in [0, 0.1) is 5.82 Å². The Bertz CT molecular complexity index is 1610. The smallest absolute Gasteiger partial charge is 0.354 e. The molecule has 1 unspecified atom stereocenters. The Balaban J connectivity index is 1.22. The molecule has 46 heavy (non-hydrogen) atoms. The molecule has 4 aromatic rings. The lowest BCUT2D eigenvalue weighted by atomic mass is 9.89. The van der Waals surface area contributed by atoms with Gasteiger partial charge in [0.25, 0.3) is 0 Å². The SMILES string of the molecule is O=C(O)CCCCN(CCc1ccccc1OCc1ccc(CCc2ccc(F)cc2)cc1)C1CCCc2nc(C(=O)O)ccc21. The number of ether oxygens (including phenoxy) is 1. The van der Waals surface area contributed by atoms with Crippen LogP contribution in [-0.4, -0.2) is 45.1 Å². The number of hydrogen-bond donors (Lipinski definition) is 2. The second-order valence-corrected chi connectivity index (χ2v) is 11.9. The summed E-state index contributed by atoms with van der Waals surface area (Å²) in [6.45, 7) is 1.94. The number of halogens is 1. The molecule has 1 aromatic heterocycles. The molecular formula is C38H41FN2O5. The number of carboxylic acid groups (broad SMARTS) is 2. The fourth-order valence-corrected chi connectivity index (χ4v) is 6.17. The van der Waals surface area contributed by atoms with Gasteiger partial charge in [-0.25, -0.2) is 14.2 Å². The number of pyridine rings is 1. The molecule has 0 fully saturated rings. The Morgan fingerprint density at radius 2 is 1.52 bits per heavy atom. The predicted octanol–water partition coefficient (Wildman–Crippen LogP) is 7.46. The number of carboxylic acids is 2. The summed E-state index contributed by atoms with van der Waals surface area (Å²) in [6.07, 6.45) is 6.61. The molecule has 1 heterocycles. The van der Waals surface area contributed by atoms with Crippen molar-refractivity contribution in [1.29, 1.82) is 0 Å². The number of aromatic carboxylic acids is 1. The topological polar surface area (TPSA) is 100.0 Å². The highest BCUT2D eigenvalue weighted by atomic mass is 19.1. The number of unbranched alkanes of at least 4 members (excludes halogenated alkanes) is 1. The number of para-hydroxylation sites is 1. The molecule has 3 aromatic carbocycles. The molecule has 5 rings (SSSR count). The molecular weight excluding hydrogens is 583 g/mol. The van der Waals surface area contributed by atoms with Gasteiger partial charge in [0.05, 0.1) is 0 Å². The van der Waals surface area contributed by atoms with Crippen molar-refractivity contribution < 1.29 is 28.9 Å². The quantitative estimate of drug-likeness (QED) is 0.125. The van der Waals surface area contributed by atoms with Gasteiger partial charge in [-0.15, -0.1) is 0 Å². The Morgan fingerprint density at radius 3 is 2.24 bits per heavy atom. The summed E-state index contributed by atoms with van der Waals surface area (Å²) in [5.74, 6) is -1.19. The maximum Gasteiger partial charge on any atom is 0.354 e. The van der Waals surface area contributed by atoms with Gasteiger partial charge in [-0.05, 0) is 110 Å². The van der Waals surface area contributed by atoms with Crippen LogP contribution < -0.4 is 4.74 Å². The fourth-order valence-electron chi connectivity index (χ4n) is 6.17. The van der Waals surface area contributed by atoms with Gasteiger partial charge in [-0.2, -0.15) is 0 Å². The third kappa shape index (κ3) is 9.23. The van der Waals surface area contributed by atoms with E-state index in [1.54, 1.807) is 6.07 Å². The first kappa shape index (κ1) is 32.8. The standard InChI is InChI=1S/C38H41FN2O5/c39-31-19-17-28(18-20-31)12-11-27-13-15-29(16-14-27)26-46-36-9-2-1-6-30(36)23-25-41(24-4-3-10-37(42)43)35-8-5-7-33-32(35)21-22-34(40-33)38(44)45/h1-2,6,9,13-22,35H,3-5,7-8,10-12,23-26H2,(H,42,43)(H,44,45). The summed E-state index contributed by atoms with van der Waals surface area (Å²) in [5.41, 5.74) is 6.49. The highest BCUT2D eigenvalue weighted by Crippen LogP contribution is 2.34. The Hall–Kier alpha value is -4.56. The zero-order chi connectivity index (χ0) is 32.3. The number of aliphatic carboxylic acids is 1. The molecule has 1 atom stereocenters. The van der Waals surface area contributed by atoms with Crippen molar-refractivity contribution in [1.82, 2.24) is 9.88 Å². The largest absolute Gasteiger partial charge is 0.489 e. The van der Waals surface area contributed by atoms with Crippen molar-refractivity contribution in [3.63, 3.8) is 0 Å². The minimum absolute atomic E-state index is 0.0677. The van der Waals surface area contributed by atoms with E-state index in [1.807, 2.05) is 36.4 Å². The molecule has 8 heteroatoms. The van der Waals surface area contributed by atoms with Crippen LogP contribution in [0.3, 0.4) is 0 Å². The predicted molar refractivity (Wildman–Crippen MR) is 175 cm³/mol. The number of carbonyl (C=O) groups is 2. The van der Waals surface area contributed by atoms with Gasteiger partial charge >= 0.3 is 11.9 Å². The Morgan fingerprint density at radius 1 is 0.826 bits per heavy atom.